The molecule has 3 rings (SSSR count). The summed E-state index contributed by atoms with van der Waals surface area (Å²) in [6.45, 7) is 10.0. The molecule has 1 spiro atoms. The van der Waals surface area contributed by atoms with Crippen molar-refractivity contribution < 1.29 is 4.79 Å². The molecule has 25 heavy (non-hydrogen) atoms. The van der Waals surface area contributed by atoms with Crippen LogP contribution in [0.5, 0.6) is 0 Å². The number of piperidine rings is 1. The second-order valence-electron chi connectivity index (χ2n) is 8.07. The third-order valence-electron chi connectivity index (χ3n) is 5.87. The van der Waals surface area contributed by atoms with Crippen molar-refractivity contribution in [2.24, 2.45) is 5.41 Å². The Morgan fingerprint density at radius 3 is 2.76 bits per heavy atom. The summed E-state index contributed by atoms with van der Waals surface area (Å²) in [5.74, 6) is 0.202. The maximum Gasteiger partial charge on any atom is 0.237 e. The maximum atomic E-state index is 12.8. The summed E-state index contributed by atoms with van der Waals surface area (Å²) in [5.41, 5.74) is 1.50. The Kier molecular flexibility index (Phi) is 5.79. The largest absolute Gasteiger partial charge is 0.353 e. The van der Waals surface area contributed by atoms with Crippen LogP contribution in [0, 0.1) is 12.3 Å². The summed E-state index contributed by atoms with van der Waals surface area (Å²) in [4.78, 5) is 17.7. The van der Waals surface area contributed by atoms with Gasteiger partial charge >= 0.3 is 0 Å². The minimum atomic E-state index is 0.0442. The van der Waals surface area contributed by atoms with Crippen molar-refractivity contribution >= 4 is 5.91 Å². The van der Waals surface area contributed by atoms with Crippen LogP contribution in [-0.4, -0.2) is 71.3 Å². The van der Waals surface area contributed by atoms with E-state index in [1.807, 2.05) is 24.0 Å². The van der Waals surface area contributed by atoms with E-state index in [-0.39, 0.29) is 11.9 Å². The second kappa shape index (κ2) is 7.87. The van der Waals surface area contributed by atoms with Gasteiger partial charge in [0.15, 0.2) is 0 Å². The Balaban J connectivity index is 1.55. The van der Waals surface area contributed by atoms with Crippen LogP contribution in [0.3, 0.4) is 0 Å². The number of nitrogens with zero attached hydrogens (tertiary/aromatic N) is 4. The Morgan fingerprint density at radius 1 is 1.36 bits per heavy atom. The lowest BCUT2D eigenvalue weighted by molar-refractivity contribution is -0.125. The first-order chi connectivity index (χ1) is 12.0. The highest BCUT2D eigenvalue weighted by atomic mass is 16.2. The molecule has 1 amide bonds. The Bertz CT molecular complexity index is 576. The smallest absolute Gasteiger partial charge is 0.237 e. The molecule has 3 heterocycles. The topological polar surface area (TPSA) is 53.4 Å². The van der Waals surface area contributed by atoms with Gasteiger partial charge in [-0.15, -0.1) is 0 Å². The summed E-state index contributed by atoms with van der Waals surface area (Å²) in [5, 5.41) is 7.43. The highest BCUT2D eigenvalue weighted by Crippen LogP contribution is 2.43. The Labute approximate surface area is 151 Å². The average Bonchev–Trinajstić information content (AvgIpc) is 3.15. The average molecular weight is 348 g/mol. The van der Waals surface area contributed by atoms with Gasteiger partial charge in [-0.3, -0.25) is 14.4 Å². The molecule has 2 aliphatic heterocycles. The first-order valence-electron chi connectivity index (χ1n) is 9.71. The molecule has 0 saturated carbocycles. The van der Waals surface area contributed by atoms with Crippen molar-refractivity contribution in [2.75, 3.05) is 39.8 Å². The van der Waals surface area contributed by atoms with Crippen molar-refractivity contribution in [3.63, 3.8) is 0 Å². The molecule has 0 aromatic carbocycles. The van der Waals surface area contributed by atoms with E-state index in [9.17, 15) is 4.79 Å². The van der Waals surface area contributed by atoms with Crippen LogP contribution in [0.4, 0.5) is 0 Å². The van der Waals surface area contributed by atoms with Gasteiger partial charge in [-0.1, -0.05) is 6.92 Å². The standard InChI is InChI=1S/C19H33N5O/c1-4-8-23-15-19(5-9-22(3)10-6-19)12-17(23)18(25)20-7-11-24-14-16(2)13-21-24/h13-14,17H,4-12,15H2,1-3H3,(H,20,25)/t17-/m0/s1. The molecule has 140 valence electrons. The summed E-state index contributed by atoms with van der Waals surface area (Å²) < 4.78 is 1.90. The maximum absolute atomic E-state index is 12.8. The second-order valence-corrected chi connectivity index (χ2v) is 8.07. The zero-order chi connectivity index (χ0) is 17.9. The Morgan fingerprint density at radius 2 is 2.12 bits per heavy atom. The van der Waals surface area contributed by atoms with E-state index in [2.05, 4.69) is 34.2 Å². The fourth-order valence-electron chi connectivity index (χ4n) is 4.38. The number of carbonyl (C=O) groups is 1. The van der Waals surface area contributed by atoms with Crippen LogP contribution in [0.2, 0.25) is 0 Å². The molecule has 2 saturated heterocycles. The van der Waals surface area contributed by atoms with Crippen LogP contribution in [0.1, 0.15) is 38.2 Å². The van der Waals surface area contributed by atoms with Gasteiger partial charge in [0.25, 0.3) is 0 Å². The molecule has 1 N–H and O–H groups in total. The molecule has 6 nitrogen and oxygen atoms in total. The van der Waals surface area contributed by atoms with Crippen LogP contribution < -0.4 is 5.32 Å². The molecule has 6 heteroatoms. The van der Waals surface area contributed by atoms with E-state index < -0.39 is 0 Å². The molecule has 1 atom stereocenters. The van der Waals surface area contributed by atoms with Gasteiger partial charge in [-0.05, 0) is 70.3 Å². The number of carbonyl (C=O) groups excluding carboxylic acids is 1. The van der Waals surface area contributed by atoms with Crippen LogP contribution in [0.25, 0.3) is 0 Å². The predicted molar refractivity (Wildman–Crippen MR) is 99.4 cm³/mol. The van der Waals surface area contributed by atoms with Crippen LogP contribution in [-0.2, 0) is 11.3 Å². The molecule has 0 bridgehead atoms. The molecule has 1 aromatic heterocycles. The molecule has 2 aliphatic rings. The van der Waals surface area contributed by atoms with Crippen molar-refractivity contribution in [1.29, 1.82) is 0 Å². The number of aryl methyl sites for hydroxylation is 1. The van der Waals surface area contributed by atoms with Gasteiger partial charge in [-0.25, -0.2) is 0 Å². The normalized spacial score (nSPS) is 24.0. The van der Waals surface area contributed by atoms with Crippen molar-refractivity contribution in [2.45, 2.75) is 52.1 Å². The van der Waals surface area contributed by atoms with Gasteiger partial charge in [0.1, 0.15) is 0 Å². The van der Waals surface area contributed by atoms with E-state index in [4.69, 9.17) is 0 Å². The van der Waals surface area contributed by atoms with Crippen molar-refractivity contribution in [3.8, 4) is 0 Å². The van der Waals surface area contributed by atoms with Gasteiger partial charge in [0.05, 0.1) is 18.8 Å². The highest BCUT2D eigenvalue weighted by Gasteiger charge is 2.47. The quantitative estimate of drug-likeness (QED) is 0.847. The van der Waals surface area contributed by atoms with Crippen molar-refractivity contribution in [3.05, 3.63) is 18.0 Å². The van der Waals surface area contributed by atoms with Crippen LogP contribution >= 0.6 is 0 Å². The molecule has 1 aromatic rings. The van der Waals surface area contributed by atoms with Gasteiger partial charge < -0.3 is 10.2 Å². The minimum Gasteiger partial charge on any atom is -0.353 e. The van der Waals surface area contributed by atoms with Gasteiger partial charge in [0, 0.05) is 19.3 Å². The first-order valence-corrected chi connectivity index (χ1v) is 9.71. The summed E-state index contributed by atoms with van der Waals surface area (Å²) in [6, 6.07) is 0.0442. The number of aromatic nitrogens is 2. The first kappa shape index (κ1) is 18.4. The fourth-order valence-corrected chi connectivity index (χ4v) is 4.38. The van der Waals surface area contributed by atoms with Gasteiger partial charge in [0.2, 0.25) is 5.91 Å². The SMILES string of the molecule is CCCN1CC2(CCN(C)CC2)C[C@H]1C(=O)NCCn1cc(C)cn1. The molecular formula is C19H33N5O. The summed E-state index contributed by atoms with van der Waals surface area (Å²) in [7, 11) is 2.20. The van der Waals surface area contributed by atoms with Crippen LogP contribution in [0.15, 0.2) is 12.4 Å². The number of hydrogen-bond donors (Lipinski definition) is 1. The molecular weight excluding hydrogens is 314 g/mol. The lowest BCUT2D eigenvalue weighted by Crippen LogP contribution is -2.44. The number of likely N-dealkylation sites (tertiary alicyclic amines) is 2. The van der Waals surface area contributed by atoms with E-state index >= 15 is 0 Å². The number of hydrogen-bond acceptors (Lipinski definition) is 4. The highest BCUT2D eigenvalue weighted by molar-refractivity contribution is 5.82. The predicted octanol–water partition coefficient (Wildman–Crippen LogP) is 1.50. The van der Waals surface area contributed by atoms with E-state index in [0.29, 0.717) is 12.0 Å². The molecule has 0 aliphatic carbocycles. The number of amides is 1. The summed E-state index contributed by atoms with van der Waals surface area (Å²) >= 11 is 0. The fraction of sp³-hybridized carbons (Fsp3) is 0.789. The molecule has 2 fully saturated rings. The van der Waals surface area contributed by atoms with Gasteiger partial charge in [-0.2, -0.15) is 5.10 Å². The zero-order valence-corrected chi connectivity index (χ0v) is 16.0. The summed E-state index contributed by atoms with van der Waals surface area (Å²) in [6.07, 6.45) is 8.43. The molecule has 0 radical (unpaired) electrons. The third-order valence-corrected chi connectivity index (χ3v) is 5.87. The number of rotatable bonds is 6. The van der Waals surface area contributed by atoms with Crippen molar-refractivity contribution in [1.82, 2.24) is 24.9 Å². The minimum absolute atomic E-state index is 0.0442. The monoisotopic (exact) mass is 347 g/mol. The lowest BCUT2D eigenvalue weighted by Gasteiger charge is -2.37. The van der Waals surface area contributed by atoms with E-state index in [1.165, 1.54) is 12.8 Å². The Hall–Kier alpha value is -1.40. The van der Waals surface area contributed by atoms with E-state index in [0.717, 1.165) is 51.1 Å². The van der Waals surface area contributed by atoms with E-state index in [1.54, 1.807) is 0 Å². The molecule has 0 unspecified atom stereocenters. The third kappa shape index (κ3) is 4.42. The zero-order valence-electron chi connectivity index (χ0n) is 16.0. The number of nitrogens with one attached hydrogen (secondary N) is 1. The lowest BCUT2D eigenvalue weighted by atomic mass is 9.76.